The van der Waals surface area contributed by atoms with Crippen LogP contribution in [0.1, 0.15) is 53.6 Å². The Kier molecular flexibility index (Phi) is 4.41. The maximum absolute atomic E-state index is 12.9. The van der Waals surface area contributed by atoms with Gasteiger partial charge in [-0.2, -0.15) is 30.2 Å². The van der Waals surface area contributed by atoms with Crippen LogP contribution in [-0.2, 0) is 6.18 Å². The number of fused-ring (bicyclic) bond motifs is 2. The number of carbonyl (C=O) groups is 1. The summed E-state index contributed by atoms with van der Waals surface area (Å²) in [6, 6.07) is 4.66. The number of hydrogen-bond donors (Lipinski definition) is 0. The number of halogens is 3. The monoisotopic (exact) mass is 339 g/mol. The van der Waals surface area contributed by atoms with E-state index < -0.39 is 11.7 Å². The zero-order valence-electron chi connectivity index (χ0n) is 12.4. The molecule has 2 aliphatic rings. The van der Waals surface area contributed by atoms with Gasteiger partial charge in [0.1, 0.15) is 0 Å². The minimum absolute atomic E-state index is 0.0337. The SMILES string of the molecule is N#Cc1ccc(C(F)(F)F)cc1C(=O)C1CC2CCCC(C1)S2. The number of alkyl halides is 3. The van der Waals surface area contributed by atoms with E-state index in [4.69, 9.17) is 5.26 Å². The van der Waals surface area contributed by atoms with Crippen LogP contribution < -0.4 is 0 Å². The molecular weight excluding hydrogens is 323 g/mol. The zero-order chi connectivity index (χ0) is 16.6. The standard InChI is InChI=1S/C17H16F3NOS/c18-17(19,20)12-5-4-10(9-21)15(8-12)16(22)11-6-13-2-1-3-14(7-11)23-13/h4-5,8,11,13-14H,1-3,6-7H2. The van der Waals surface area contributed by atoms with E-state index in [2.05, 4.69) is 0 Å². The Labute approximate surface area is 137 Å². The van der Waals surface area contributed by atoms with Crippen LogP contribution in [-0.4, -0.2) is 16.3 Å². The third-order valence-electron chi connectivity index (χ3n) is 4.64. The van der Waals surface area contributed by atoms with Crippen LogP contribution in [0.2, 0.25) is 0 Å². The Balaban J connectivity index is 1.91. The number of thioether (sulfide) groups is 1. The van der Waals surface area contributed by atoms with Gasteiger partial charge in [0.05, 0.1) is 17.2 Å². The summed E-state index contributed by atoms with van der Waals surface area (Å²) >= 11 is 1.91. The highest BCUT2D eigenvalue weighted by Gasteiger charge is 2.37. The van der Waals surface area contributed by atoms with Crippen molar-refractivity contribution in [3.63, 3.8) is 0 Å². The summed E-state index contributed by atoms with van der Waals surface area (Å²) in [5, 5.41) is 9.98. The van der Waals surface area contributed by atoms with Gasteiger partial charge in [-0.15, -0.1) is 0 Å². The van der Waals surface area contributed by atoms with E-state index in [9.17, 15) is 18.0 Å². The Bertz CT molecular complexity index is 653. The lowest BCUT2D eigenvalue weighted by atomic mass is 9.83. The molecule has 1 aromatic carbocycles. The van der Waals surface area contributed by atoms with Crippen molar-refractivity contribution >= 4 is 17.5 Å². The second kappa shape index (κ2) is 6.20. The normalized spacial score (nSPS) is 27.3. The van der Waals surface area contributed by atoms with Gasteiger partial charge in [-0.05, 0) is 43.9 Å². The fraction of sp³-hybridized carbons (Fsp3) is 0.529. The molecule has 0 aliphatic carbocycles. The molecule has 0 saturated carbocycles. The lowest BCUT2D eigenvalue weighted by Gasteiger charge is -2.38. The maximum atomic E-state index is 12.9. The minimum Gasteiger partial charge on any atom is -0.294 e. The topological polar surface area (TPSA) is 40.9 Å². The maximum Gasteiger partial charge on any atom is 0.416 e. The van der Waals surface area contributed by atoms with Crippen LogP contribution in [0.5, 0.6) is 0 Å². The number of benzene rings is 1. The number of hydrogen-bond acceptors (Lipinski definition) is 3. The molecule has 2 aliphatic heterocycles. The van der Waals surface area contributed by atoms with Gasteiger partial charge < -0.3 is 0 Å². The predicted octanol–water partition coefficient (Wildman–Crippen LogP) is 4.82. The number of nitriles is 1. The molecule has 2 heterocycles. The van der Waals surface area contributed by atoms with Gasteiger partial charge in [0, 0.05) is 22.0 Å². The predicted molar refractivity (Wildman–Crippen MR) is 82.2 cm³/mol. The molecule has 3 rings (SSSR count). The average molecular weight is 339 g/mol. The van der Waals surface area contributed by atoms with Crippen molar-refractivity contribution in [2.24, 2.45) is 5.92 Å². The van der Waals surface area contributed by atoms with Gasteiger partial charge in [-0.1, -0.05) is 6.42 Å². The average Bonchev–Trinajstić information content (AvgIpc) is 2.52. The molecular formula is C17H16F3NOS. The third-order valence-corrected chi connectivity index (χ3v) is 6.26. The summed E-state index contributed by atoms with van der Waals surface area (Å²) in [4.78, 5) is 12.8. The molecule has 0 N–H and O–H groups in total. The van der Waals surface area contributed by atoms with Crippen molar-refractivity contribution < 1.29 is 18.0 Å². The summed E-state index contributed by atoms with van der Waals surface area (Å²) in [7, 11) is 0. The number of carbonyl (C=O) groups excluding carboxylic acids is 1. The molecule has 0 aromatic heterocycles. The molecule has 2 atom stereocenters. The van der Waals surface area contributed by atoms with Crippen LogP contribution in [0.3, 0.4) is 0 Å². The van der Waals surface area contributed by atoms with E-state index in [0.29, 0.717) is 23.3 Å². The molecule has 2 nitrogen and oxygen atoms in total. The highest BCUT2D eigenvalue weighted by molar-refractivity contribution is 8.00. The van der Waals surface area contributed by atoms with Gasteiger partial charge in [0.15, 0.2) is 5.78 Å². The Morgan fingerprint density at radius 3 is 2.43 bits per heavy atom. The second-order valence-electron chi connectivity index (χ2n) is 6.21. The third kappa shape index (κ3) is 3.40. The summed E-state index contributed by atoms with van der Waals surface area (Å²) in [6.07, 6.45) is 0.206. The molecule has 0 amide bonds. The number of nitrogens with zero attached hydrogens (tertiary/aromatic N) is 1. The molecule has 2 fully saturated rings. The van der Waals surface area contributed by atoms with Crippen molar-refractivity contribution in [3.05, 3.63) is 34.9 Å². The van der Waals surface area contributed by atoms with Crippen molar-refractivity contribution in [1.29, 1.82) is 5.26 Å². The molecule has 2 unspecified atom stereocenters. The molecule has 0 radical (unpaired) electrons. The first kappa shape index (κ1) is 16.4. The highest BCUT2D eigenvalue weighted by Crippen LogP contribution is 2.45. The number of Topliss-reactive ketones (excluding diaryl/α,β-unsaturated/α-hetero) is 1. The summed E-state index contributed by atoms with van der Waals surface area (Å²) in [6.45, 7) is 0. The van der Waals surface area contributed by atoms with Crippen LogP contribution >= 0.6 is 11.8 Å². The summed E-state index contributed by atoms with van der Waals surface area (Å²) in [5.74, 6) is -0.563. The lowest BCUT2D eigenvalue weighted by molar-refractivity contribution is -0.137. The lowest BCUT2D eigenvalue weighted by Crippen LogP contribution is -2.33. The van der Waals surface area contributed by atoms with Crippen LogP contribution in [0.25, 0.3) is 0 Å². The molecule has 23 heavy (non-hydrogen) atoms. The Morgan fingerprint density at radius 1 is 1.22 bits per heavy atom. The van der Waals surface area contributed by atoms with Crippen molar-refractivity contribution in [3.8, 4) is 6.07 Å². The van der Waals surface area contributed by atoms with Gasteiger partial charge >= 0.3 is 6.18 Å². The van der Waals surface area contributed by atoms with E-state index in [1.807, 2.05) is 17.8 Å². The van der Waals surface area contributed by atoms with E-state index >= 15 is 0 Å². The first-order valence-electron chi connectivity index (χ1n) is 7.69. The van der Waals surface area contributed by atoms with Crippen LogP contribution in [0, 0.1) is 17.2 Å². The zero-order valence-corrected chi connectivity index (χ0v) is 13.2. The molecule has 1 aromatic rings. The Hall–Kier alpha value is -1.48. The largest absolute Gasteiger partial charge is 0.416 e. The van der Waals surface area contributed by atoms with Crippen LogP contribution in [0.15, 0.2) is 18.2 Å². The summed E-state index contributed by atoms with van der Waals surface area (Å²) in [5.41, 5.74) is -0.908. The fourth-order valence-corrected chi connectivity index (χ4v) is 5.35. The molecule has 122 valence electrons. The van der Waals surface area contributed by atoms with E-state index in [1.54, 1.807) is 0 Å². The number of ketones is 1. The molecule has 2 bridgehead atoms. The van der Waals surface area contributed by atoms with E-state index in [1.165, 1.54) is 0 Å². The fourth-order valence-electron chi connectivity index (χ4n) is 3.52. The van der Waals surface area contributed by atoms with Crippen molar-refractivity contribution in [2.75, 3.05) is 0 Å². The molecule has 0 spiro atoms. The number of rotatable bonds is 2. The van der Waals surface area contributed by atoms with Crippen LogP contribution in [0.4, 0.5) is 13.2 Å². The van der Waals surface area contributed by atoms with Gasteiger partial charge in [-0.3, -0.25) is 4.79 Å². The Morgan fingerprint density at radius 2 is 1.87 bits per heavy atom. The molecule has 6 heteroatoms. The van der Waals surface area contributed by atoms with E-state index in [-0.39, 0.29) is 22.8 Å². The first-order valence-corrected chi connectivity index (χ1v) is 8.64. The highest BCUT2D eigenvalue weighted by atomic mass is 32.2. The minimum atomic E-state index is -4.51. The van der Waals surface area contributed by atoms with Gasteiger partial charge in [-0.25, -0.2) is 0 Å². The summed E-state index contributed by atoms with van der Waals surface area (Å²) < 4.78 is 38.7. The smallest absolute Gasteiger partial charge is 0.294 e. The quantitative estimate of drug-likeness (QED) is 0.725. The van der Waals surface area contributed by atoms with Crippen molar-refractivity contribution in [1.82, 2.24) is 0 Å². The second-order valence-corrected chi connectivity index (χ2v) is 7.82. The molecule has 2 saturated heterocycles. The van der Waals surface area contributed by atoms with E-state index in [0.717, 1.165) is 37.5 Å². The van der Waals surface area contributed by atoms with Crippen molar-refractivity contribution in [2.45, 2.75) is 48.8 Å². The van der Waals surface area contributed by atoms with Gasteiger partial charge in [0.2, 0.25) is 0 Å². The first-order chi connectivity index (χ1) is 10.9. The van der Waals surface area contributed by atoms with Gasteiger partial charge in [0.25, 0.3) is 0 Å².